The van der Waals surface area contributed by atoms with Gasteiger partial charge in [-0.25, -0.2) is 4.98 Å². The molecule has 154 valence electrons. The number of Topliss-reactive ketones (excluding diaryl/α,β-unsaturated/α-hetero) is 1. The molecule has 2 atom stereocenters. The lowest BCUT2D eigenvalue weighted by Gasteiger charge is -2.24. The summed E-state index contributed by atoms with van der Waals surface area (Å²) in [6.07, 6.45) is 5.69. The van der Waals surface area contributed by atoms with E-state index in [1.165, 1.54) is 5.69 Å². The first-order chi connectivity index (χ1) is 13.2. The molecule has 1 aliphatic rings. The standard InChI is InChI=1S/C22H34N4O2/c1-14(2)10-15(16(23)13-27)6-5-7-19(28)18-12-24-17-11-20-22(3,4)8-9-26(20)21(17)25-18/h11-12,14-16,27H,5-10,13,23H2,1-4H3. The van der Waals surface area contributed by atoms with E-state index in [1.54, 1.807) is 6.20 Å². The van der Waals surface area contributed by atoms with Crippen molar-refractivity contribution in [2.24, 2.45) is 17.6 Å². The SMILES string of the molecule is CC(C)CC(CCCC(=O)c1cnc2cc3n(c2n1)CCC3(C)C)C(N)CO. The van der Waals surface area contributed by atoms with Crippen LogP contribution in [-0.2, 0) is 12.0 Å². The van der Waals surface area contributed by atoms with Gasteiger partial charge >= 0.3 is 0 Å². The number of nitrogens with zero attached hydrogens (tertiary/aromatic N) is 3. The van der Waals surface area contributed by atoms with Gasteiger partial charge in [-0.05, 0) is 43.6 Å². The van der Waals surface area contributed by atoms with Crippen molar-refractivity contribution >= 4 is 16.9 Å². The van der Waals surface area contributed by atoms with Gasteiger partial charge in [-0.15, -0.1) is 0 Å². The van der Waals surface area contributed by atoms with Crippen LogP contribution in [0.15, 0.2) is 12.3 Å². The van der Waals surface area contributed by atoms with Crippen LogP contribution in [0.3, 0.4) is 0 Å². The van der Waals surface area contributed by atoms with Crippen molar-refractivity contribution in [1.29, 1.82) is 0 Å². The number of hydrogen-bond donors (Lipinski definition) is 2. The van der Waals surface area contributed by atoms with Crippen molar-refractivity contribution in [2.45, 2.75) is 77.8 Å². The lowest BCUT2D eigenvalue weighted by molar-refractivity contribution is 0.0970. The van der Waals surface area contributed by atoms with Crippen LogP contribution in [-0.4, -0.2) is 38.1 Å². The minimum Gasteiger partial charge on any atom is -0.395 e. The lowest BCUT2D eigenvalue weighted by atomic mass is 9.86. The molecule has 2 aromatic heterocycles. The molecule has 0 aliphatic carbocycles. The fourth-order valence-electron chi connectivity index (χ4n) is 4.37. The van der Waals surface area contributed by atoms with Crippen LogP contribution in [0.4, 0.5) is 0 Å². The Bertz CT molecular complexity index is 840. The van der Waals surface area contributed by atoms with E-state index < -0.39 is 0 Å². The largest absolute Gasteiger partial charge is 0.395 e. The van der Waals surface area contributed by atoms with Gasteiger partial charge in [0, 0.05) is 30.1 Å². The van der Waals surface area contributed by atoms with Gasteiger partial charge in [0.25, 0.3) is 0 Å². The number of aliphatic hydroxyl groups excluding tert-OH is 1. The van der Waals surface area contributed by atoms with E-state index in [0.29, 0.717) is 18.0 Å². The number of aliphatic hydroxyl groups is 1. The van der Waals surface area contributed by atoms with Gasteiger partial charge in [0.1, 0.15) is 11.2 Å². The Morgan fingerprint density at radius 1 is 1.39 bits per heavy atom. The van der Waals surface area contributed by atoms with Crippen LogP contribution >= 0.6 is 0 Å². The highest BCUT2D eigenvalue weighted by atomic mass is 16.3. The summed E-state index contributed by atoms with van der Waals surface area (Å²) in [4.78, 5) is 21.8. The number of aromatic nitrogens is 3. The zero-order chi connectivity index (χ0) is 20.5. The molecule has 0 amide bonds. The number of carbonyl (C=O) groups excluding carboxylic acids is 1. The molecule has 0 spiro atoms. The van der Waals surface area contributed by atoms with Gasteiger partial charge in [0.2, 0.25) is 0 Å². The van der Waals surface area contributed by atoms with Gasteiger partial charge in [0.05, 0.1) is 12.8 Å². The zero-order valence-electron chi connectivity index (χ0n) is 17.6. The smallest absolute Gasteiger partial charge is 0.182 e. The van der Waals surface area contributed by atoms with Crippen molar-refractivity contribution < 1.29 is 9.90 Å². The fraction of sp³-hybridized carbons (Fsp3) is 0.682. The normalized spacial score (nSPS) is 17.8. The van der Waals surface area contributed by atoms with Gasteiger partial charge in [-0.3, -0.25) is 9.78 Å². The molecule has 0 saturated carbocycles. The van der Waals surface area contributed by atoms with Crippen LogP contribution in [0.2, 0.25) is 0 Å². The van der Waals surface area contributed by atoms with Crippen molar-refractivity contribution in [3.63, 3.8) is 0 Å². The molecule has 2 aromatic rings. The number of aryl methyl sites for hydroxylation is 1. The molecule has 0 fully saturated rings. The van der Waals surface area contributed by atoms with Gasteiger partial charge in [-0.1, -0.05) is 27.7 Å². The van der Waals surface area contributed by atoms with Crippen molar-refractivity contribution in [1.82, 2.24) is 14.5 Å². The van der Waals surface area contributed by atoms with E-state index in [1.807, 2.05) is 0 Å². The molecule has 6 heteroatoms. The molecular weight excluding hydrogens is 352 g/mol. The summed E-state index contributed by atoms with van der Waals surface area (Å²) in [5, 5.41) is 9.39. The lowest BCUT2D eigenvalue weighted by Crippen LogP contribution is -2.34. The quantitative estimate of drug-likeness (QED) is 0.644. The molecule has 6 nitrogen and oxygen atoms in total. The van der Waals surface area contributed by atoms with Crippen LogP contribution in [0.1, 0.15) is 76.0 Å². The molecule has 3 heterocycles. The zero-order valence-corrected chi connectivity index (χ0v) is 17.6. The molecule has 0 radical (unpaired) electrons. The summed E-state index contributed by atoms with van der Waals surface area (Å²) >= 11 is 0. The van der Waals surface area contributed by atoms with Crippen LogP contribution in [0.5, 0.6) is 0 Å². The number of fused-ring (bicyclic) bond motifs is 3. The second-order valence-corrected chi connectivity index (χ2v) is 9.33. The van der Waals surface area contributed by atoms with Gasteiger partial charge < -0.3 is 15.4 Å². The fourth-order valence-corrected chi connectivity index (χ4v) is 4.37. The second-order valence-electron chi connectivity index (χ2n) is 9.33. The van der Waals surface area contributed by atoms with Crippen LogP contribution in [0.25, 0.3) is 11.2 Å². The molecule has 1 aliphatic heterocycles. The Morgan fingerprint density at radius 2 is 2.14 bits per heavy atom. The predicted octanol–water partition coefficient (Wildman–Crippen LogP) is 3.45. The third-order valence-corrected chi connectivity index (χ3v) is 6.11. The average molecular weight is 387 g/mol. The van der Waals surface area contributed by atoms with Crippen molar-refractivity contribution in [3.05, 3.63) is 23.7 Å². The second kappa shape index (κ2) is 8.29. The summed E-state index contributed by atoms with van der Waals surface area (Å²) < 4.78 is 2.21. The molecule has 28 heavy (non-hydrogen) atoms. The van der Waals surface area contributed by atoms with E-state index in [9.17, 15) is 9.90 Å². The van der Waals surface area contributed by atoms with Crippen molar-refractivity contribution in [3.8, 4) is 0 Å². The van der Waals surface area contributed by atoms with E-state index in [2.05, 4.69) is 48.3 Å². The summed E-state index contributed by atoms with van der Waals surface area (Å²) in [5.41, 5.74) is 9.58. The molecule has 3 N–H and O–H groups in total. The Morgan fingerprint density at radius 3 is 2.82 bits per heavy atom. The van der Waals surface area contributed by atoms with Gasteiger partial charge in [0.15, 0.2) is 11.4 Å². The van der Waals surface area contributed by atoms with E-state index >= 15 is 0 Å². The number of ketones is 1. The first-order valence-corrected chi connectivity index (χ1v) is 10.5. The van der Waals surface area contributed by atoms with E-state index in [-0.39, 0.29) is 29.8 Å². The number of hydrogen-bond acceptors (Lipinski definition) is 5. The molecule has 0 saturated heterocycles. The topological polar surface area (TPSA) is 94.0 Å². The molecule has 0 bridgehead atoms. The maximum absolute atomic E-state index is 12.7. The van der Waals surface area contributed by atoms with E-state index in [4.69, 9.17) is 5.73 Å². The summed E-state index contributed by atoms with van der Waals surface area (Å²) in [7, 11) is 0. The van der Waals surface area contributed by atoms with Gasteiger partial charge in [-0.2, -0.15) is 0 Å². The Hall–Kier alpha value is -1.79. The Kier molecular flexibility index (Phi) is 6.20. The maximum Gasteiger partial charge on any atom is 0.182 e. The van der Waals surface area contributed by atoms with Crippen LogP contribution < -0.4 is 5.73 Å². The van der Waals surface area contributed by atoms with E-state index in [0.717, 1.165) is 43.4 Å². The first kappa shape index (κ1) is 20.9. The molecule has 3 rings (SSSR count). The summed E-state index contributed by atoms with van der Waals surface area (Å²) in [6.45, 7) is 9.70. The molecular formula is C22H34N4O2. The first-order valence-electron chi connectivity index (χ1n) is 10.5. The number of rotatable bonds is 9. The molecule has 2 unspecified atom stereocenters. The highest BCUT2D eigenvalue weighted by Gasteiger charge is 2.32. The summed E-state index contributed by atoms with van der Waals surface area (Å²) in [6, 6.07) is 1.89. The average Bonchev–Trinajstić information content (AvgIpc) is 3.16. The Labute approximate surface area is 167 Å². The third-order valence-electron chi connectivity index (χ3n) is 6.11. The maximum atomic E-state index is 12.7. The number of nitrogens with two attached hydrogens (primary N) is 1. The highest BCUT2D eigenvalue weighted by molar-refractivity contribution is 5.95. The monoisotopic (exact) mass is 386 g/mol. The minimum absolute atomic E-state index is 0.0108. The summed E-state index contributed by atoms with van der Waals surface area (Å²) in [5.74, 6) is 0.790. The third kappa shape index (κ3) is 4.28. The number of carbonyl (C=O) groups is 1. The molecule has 0 aromatic carbocycles. The van der Waals surface area contributed by atoms with Crippen LogP contribution in [0, 0.1) is 11.8 Å². The minimum atomic E-state index is -0.222. The Balaban J connectivity index is 1.67. The highest BCUT2D eigenvalue weighted by Crippen LogP contribution is 2.37. The predicted molar refractivity (Wildman–Crippen MR) is 111 cm³/mol. The van der Waals surface area contributed by atoms with Crippen molar-refractivity contribution in [2.75, 3.05) is 6.61 Å².